The number of ether oxygens (including phenoxy) is 1. The summed E-state index contributed by atoms with van der Waals surface area (Å²) < 4.78 is 5.28. The van der Waals surface area contributed by atoms with E-state index in [0.29, 0.717) is 26.9 Å². The maximum atomic E-state index is 12.4. The van der Waals surface area contributed by atoms with Gasteiger partial charge in [0.05, 0.1) is 20.6 Å². The molecule has 1 aliphatic rings. The number of hydrogen-bond acceptors (Lipinski definition) is 4. The zero-order valence-electron chi connectivity index (χ0n) is 9.91. The third kappa shape index (κ3) is 2.28. The van der Waals surface area contributed by atoms with Crippen molar-refractivity contribution in [2.75, 3.05) is 11.9 Å². The molecule has 0 aliphatic carbocycles. The number of thiophene rings is 1. The van der Waals surface area contributed by atoms with Crippen LogP contribution in [0.3, 0.4) is 0 Å². The van der Waals surface area contributed by atoms with E-state index in [0.717, 1.165) is 0 Å². The fourth-order valence-electron chi connectivity index (χ4n) is 1.85. The molecular weight excluding hydrogens is 321 g/mol. The molecule has 2 aromatic rings. The van der Waals surface area contributed by atoms with Gasteiger partial charge >= 0.3 is 0 Å². The second-order valence-corrected chi connectivity index (χ2v) is 5.82. The first-order valence-corrected chi connectivity index (χ1v) is 7.23. The van der Waals surface area contributed by atoms with Crippen LogP contribution in [-0.2, 0) is 4.79 Å². The Bertz CT molecular complexity index is 726. The third-order valence-electron chi connectivity index (χ3n) is 2.77. The minimum absolute atomic E-state index is 0.0813. The molecule has 7 heteroatoms. The van der Waals surface area contributed by atoms with Crippen molar-refractivity contribution < 1.29 is 14.3 Å². The quantitative estimate of drug-likeness (QED) is 0.857. The van der Waals surface area contributed by atoms with Gasteiger partial charge in [0.25, 0.3) is 5.91 Å². The van der Waals surface area contributed by atoms with E-state index in [-0.39, 0.29) is 23.3 Å². The summed E-state index contributed by atoms with van der Waals surface area (Å²) in [5, 5.41) is 5.00. The van der Waals surface area contributed by atoms with Gasteiger partial charge in [-0.05, 0) is 23.6 Å². The molecule has 0 fully saturated rings. The van der Waals surface area contributed by atoms with Crippen molar-refractivity contribution in [3.8, 4) is 5.75 Å². The first-order valence-electron chi connectivity index (χ1n) is 5.60. The van der Waals surface area contributed by atoms with Crippen LogP contribution in [0.2, 0.25) is 10.0 Å². The molecule has 1 N–H and O–H groups in total. The van der Waals surface area contributed by atoms with Crippen LogP contribution < -0.4 is 10.1 Å². The third-order valence-corrected chi connectivity index (χ3v) is 4.42. The number of benzene rings is 1. The Morgan fingerprint density at radius 3 is 2.80 bits per heavy atom. The molecule has 3 rings (SSSR count). The minimum Gasteiger partial charge on any atom is -0.482 e. The molecule has 0 saturated heterocycles. The number of fused-ring (bicyclic) bond motifs is 1. The van der Waals surface area contributed by atoms with Crippen molar-refractivity contribution in [3.05, 3.63) is 44.1 Å². The monoisotopic (exact) mass is 327 g/mol. The molecule has 20 heavy (non-hydrogen) atoms. The summed E-state index contributed by atoms with van der Waals surface area (Å²) in [6, 6.07) is 4.68. The van der Waals surface area contributed by atoms with Crippen molar-refractivity contribution in [2.24, 2.45) is 0 Å². The molecule has 0 unspecified atom stereocenters. The Morgan fingerprint density at radius 2 is 2.10 bits per heavy atom. The molecule has 1 aromatic carbocycles. The van der Waals surface area contributed by atoms with Crippen LogP contribution in [0.1, 0.15) is 15.2 Å². The molecule has 1 aromatic heterocycles. The highest BCUT2D eigenvalue weighted by atomic mass is 35.5. The van der Waals surface area contributed by atoms with E-state index in [1.807, 2.05) is 0 Å². The highest BCUT2D eigenvalue weighted by molar-refractivity contribution is 7.13. The number of rotatable bonds is 2. The van der Waals surface area contributed by atoms with Crippen molar-refractivity contribution in [3.63, 3.8) is 0 Å². The Balaban J connectivity index is 2.05. The fourth-order valence-corrected chi connectivity index (χ4v) is 3.20. The van der Waals surface area contributed by atoms with Gasteiger partial charge in [-0.3, -0.25) is 9.59 Å². The summed E-state index contributed by atoms with van der Waals surface area (Å²) in [5.74, 6) is -0.0997. The van der Waals surface area contributed by atoms with Crippen molar-refractivity contribution >= 4 is 51.9 Å². The SMILES string of the molecule is O=C1COc2cc(C(=O)c3sccc3Cl)c(Cl)cc2N1. The van der Waals surface area contributed by atoms with E-state index < -0.39 is 0 Å². The second kappa shape index (κ2) is 5.09. The Morgan fingerprint density at radius 1 is 1.30 bits per heavy atom. The fraction of sp³-hybridized carbons (Fsp3) is 0.0769. The zero-order chi connectivity index (χ0) is 14.3. The van der Waals surface area contributed by atoms with Crippen LogP contribution in [0.4, 0.5) is 5.69 Å². The Labute approximate surface area is 128 Å². The van der Waals surface area contributed by atoms with Gasteiger partial charge in [-0.2, -0.15) is 0 Å². The predicted molar refractivity (Wildman–Crippen MR) is 78.3 cm³/mol. The van der Waals surface area contributed by atoms with E-state index in [4.69, 9.17) is 27.9 Å². The Kier molecular flexibility index (Phi) is 3.41. The lowest BCUT2D eigenvalue weighted by molar-refractivity contribution is -0.118. The molecule has 1 amide bonds. The number of nitrogens with one attached hydrogen (secondary N) is 1. The number of carbonyl (C=O) groups excluding carboxylic acids is 2. The average molecular weight is 328 g/mol. The molecule has 2 heterocycles. The summed E-state index contributed by atoms with van der Waals surface area (Å²) in [7, 11) is 0. The molecule has 0 radical (unpaired) electrons. The number of amides is 1. The molecule has 0 saturated carbocycles. The number of halogens is 2. The van der Waals surface area contributed by atoms with Gasteiger partial charge in [-0.25, -0.2) is 0 Å². The van der Waals surface area contributed by atoms with Crippen LogP contribution in [0.5, 0.6) is 5.75 Å². The Hall–Kier alpha value is -1.56. The summed E-state index contributed by atoms with van der Waals surface area (Å²) in [4.78, 5) is 24.0. The van der Waals surface area contributed by atoms with E-state index in [1.54, 1.807) is 11.4 Å². The number of carbonyl (C=O) groups is 2. The van der Waals surface area contributed by atoms with Gasteiger partial charge in [-0.1, -0.05) is 23.2 Å². The summed E-state index contributed by atoms with van der Waals surface area (Å²) >= 11 is 13.3. The lowest BCUT2D eigenvalue weighted by atomic mass is 10.1. The number of anilines is 1. The number of ketones is 1. The number of hydrogen-bond donors (Lipinski definition) is 1. The molecule has 0 spiro atoms. The van der Waals surface area contributed by atoms with Crippen molar-refractivity contribution in [2.45, 2.75) is 0 Å². The van der Waals surface area contributed by atoms with Gasteiger partial charge in [0, 0.05) is 5.56 Å². The maximum absolute atomic E-state index is 12.4. The normalized spacial score (nSPS) is 13.4. The van der Waals surface area contributed by atoms with Gasteiger partial charge in [0.15, 0.2) is 6.61 Å². The van der Waals surface area contributed by atoms with E-state index in [9.17, 15) is 9.59 Å². The first kappa shape index (κ1) is 13.4. The van der Waals surface area contributed by atoms with E-state index >= 15 is 0 Å². The predicted octanol–water partition coefficient (Wildman–Crippen LogP) is 3.62. The van der Waals surface area contributed by atoms with Gasteiger partial charge < -0.3 is 10.1 Å². The van der Waals surface area contributed by atoms with Crippen LogP contribution in [0, 0.1) is 0 Å². The molecule has 0 atom stereocenters. The highest BCUT2D eigenvalue weighted by Gasteiger charge is 2.23. The van der Waals surface area contributed by atoms with E-state index in [1.165, 1.54) is 23.5 Å². The standard InChI is InChI=1S/C13H7Cl2NO3S/c14-7-1-2-20-13(7)12(18)6-3-10-9(4-8(6)15)16-11(17)5-19-10/h1-4H,5H2,(H,16,17). The van der Waals surface area contributed by atoms with Gasteiger partial charge in [0.1, 0.15) is 5.75 Å². The minimum atomic E-state index is -0.265. The van der Waals surface area contributed by atoms with Crippen LogP contribution in [0.25, 0.3) is 0 Å². The zero-order valence-corrected chi connectivity index (χ0v) is 12.2. The topological polar surface area (TPSA) is 55.4 Å². The van der Waals surface area contributed by atoms with Gasteiger partial charge in [0.2, 0.25) is 5.78 Å². The largest absolute Gasteiger partial charge is 0.482 e. The van der Waals surface area contributed by atoms with Crippen LogP contribution in [-0.4, -0.2) is 18.3 Å². The van der Waals surface area contributed by atoms with Crippen LogP contribution >= 0.6 is 34.5 Å². The summed E-state index contributed by atoms with van der Waals surface area (Å²) in [6.07, 6.45) is 0. The summed E-state index contributed by atoms with van der Waals surface area (Å²) in [6.45, 7) is -0.0813. The highest BCUT2D eigenvalue weighted by Crippen LogP contribution is 2.36. The molecule has 4 nitrogen and oxygen atoms in total. The average Bonchev–Trinajstić information content (AvgIpc) is 2.83. The van der Waals surface area contributed by atoms with Crippen molar-refractivity contribution in [1.29, 1.82) is 0 Å². The van der Waals surface area contributed by atoms with Crippen molar-refractivity contribution in [1.82, 2.24) is 0 Å². The molecular formula is C13H7Cl2NO3S. The first-order chi connectivity index (χ1) is 9.56. The maximum Gasteiger partial charge on any atom is 0.262 e. The smallest absolute Gasteiger partial charge is 0.262 e. The van der Waals surface area contributed by atoms with E-state index in [2.05, 4.69) is 5.32 Å². The summed E-state index contributed by atoms with van der Waals surface area (Å²) in [5.41, 5.74) is 0.756. The lowest BCUT2D eigenvalue weighted by Crippen LogP contribution is -2.25. The molecule has 1 aliphatic heterocycles. The molecule has 102 valence electrons. The second-order valence-electron chi connectivity index (χ2n) is 4.09. The molecule has 0 bridgehead atoms. The van der Waals surface area contributed by atoms with Gasteiger partial charge in [-0.15, -0.1) is 11.3 Å². The lowest BCUT2D eigenvalue weighted by Gasteiger charge is -2.19. The van der Waals surface area contributed by atoms with Crippen LogP contribution in [0.15, 0.2) is 23.6 Å².